The largest absolute Gasteiger partial charge is 0.310 e. The van der Waals surface area contributed by atoms with Crippen molar-refractivity contribution in [2.24, 2.45) is 0 Å². The Morgan fingerprint density at radius 2 is 0.818 bits per heavy atom. The zero-order chi connectivity index (χ0) is 38.4. The van der Waals surface area contributed by atoms with E-state index in [9.17, 15) is 0 Å². The van der Waals surface area contributed by atoms with Gasteiger partial charge in [0.1, 0.15) is 5.69 Å². The summed E-state index contributed by atoms with van der Waals surface area (Å²) in [4.78, 5) is 21.2. The van der Waals surface area contributed by atoms with Crippen LogP contribution in [-0.2, 0) is 10.8 Å². The first-order valence-electron chi connectivity index (χ1n) is 19.3. The van der Waals surface area contributed by atoms with Crippen LogP contribution in [0.25, 0.3) is 22.6 Å². The molecule has 0 saturated heterocycles. The van der Waals surface area contributed by atoms with Crippen molar-refractivity contribution >= 4 is 34.1 Å². The van der Waals surface area contributed by atoms with E-state index in [4.69, 9.17) is 15.0 Å². The Morgan fingerprint density at radius 1 is 0.418 bits per heavy atom. The van der Waals surface area contributed by atoms with Gasteiger partial charge in [0.05, 0.1) is 34.7 Å². The molecule has 272 valence electrons. The first-order valence-corrected chi connectivity index (χ1v) is 19.3. The molecule has 2 heterocycles. The molecule has 0 radical (unpaired) electrons. The topological polar surface area (TPSA) is 45.2 Å². The van der Waals surface area contributed by atoms with Crippen LogP contribution < -0.4 is 9.80 Å². The maximum Gasteiger partial charge on any atom is 0.112 e. The average Bonchev–Trinajstić information content (AvgIpc) is 3.53. The molecule has 2 aromatic heterocycles. The smallest absolute Gasteiger partial charge is 0.112 e. The van der Waals surface area contributed by atoms with Crippen LogP contribution in [0.1, 0.15) is 78.0 Å². The van der Waals surface area contributed by atoms with Crippen molar-refractivity contribution in [1.29, 1.82) is 0 Å². The van der Waals surface area contributed by atoms with Gasteiger partial charge in [0.25, 0.3) is 0 Å². The Kier molecular flexibility index (Phi) is 7.88. The summed E-state index contributed by atoms with van der Waals surface area (Å²) in [5, 5.41) is 0. The number of benzene rings is 5. The zero-order valence-electron chi connectivity index (χ0n) is 33.3. The summed E-state index contributed by atoms with van der Waals surface area (Å²) >= 11 is 0. The summed E-state index contributed by atoms with van der Waals surface area (Å²) in [6.07, 6.45) is 2.01. The summed E-state index contributed by atoms with van der Waals surface area (Å²) in [5.41, 5.74) is 20.4. The number of hydrogen-bond donors (Lipinski definition) is 0. The van der Waals surface area contributed by atoms with Gasteiger partial charge in [0.2, 0.25) is 0 Å². The van der Waals surface area contributed by atoms with Gasteiger partial charge in [-0.05, 0) is 130 Å². The van der Waals surface area contributed by atoms with E-state index >= 15 is 0 Å². The lowest BCUT2D eigenvalue weighted by Crippen LogP contribution is -2.21. The lowest BCUT2D eigenvalue weighted by atomic mass is 9.84. The minimum atomic E-state index is -0.411. The van der Waals surface area contributed by atoms with Crippen molar-refractivity contribution in [3.8, 4) is 22.6 Å². The van der Waals surface area contributed by atoms with E-state index in [1.165, 1.54) is 50.3 Å². The van der Waals surface area contributed by atoms with Crippen LogP contribution in [-0.4, -0.2) is 15.0 Å². The highest BCUT2D eigenvalue weighted by atomic mass is 15.2. The number of rotatable bonds is 6. The molecule has 0 amide bonds. The second-order valence-electron chi connectivity index (χ2n) is 16.5. The van der Waals surface area contributed by atoms with Crippen molar-refractivity contribution in [2.75, 3.05) is 9.80 Å². The van der Waals surface area contributed by atoms with Gasteiger partial charge in [-0.15, -0.1) is 0 Å². The number of fused-ring (bicyclic) bond motifs is 6. The monoisotopic (exact) mass is 717 g/mol. The van der Waals surface area contributed by atoms with E-state index in [1.54, 1.807) is 0 Å². The third kappa shape index (κ3) is 5.24. The Morgan fingerprint density at radius 3 is 1.31 bits per heavy atom. The molecule has 55 heavy (non-hydrogen) atoms. The molecule has 0 spiro atoms. The number of aromatic nitrogens is 3. The van der Waals surface area contributed by atoms with Crippen LogP contribution in [0.4, 0.5) is 34.1 Å². The van der Waals surface area contributed by atoms with E-state index in [0.717, 1.165) is 56.8 Å². The third-order valence-corrected chi connectivity index (χ3v) is 12.0. The standard InChI is InChI=1S/C50H47N5/c1-30-18-10-14-22-39(30)54(40-23-15-11-19-31(40)2)35-26-34(5)43-37(27-35)49(6,7)47-45(43)52-48-46(53-47)44-38(50(48,8)9)28-36(29-51-44)55(41-24-16-12-20-32(41)3)42-25-17-13-21-33(42)4/h10-29H,1-9H3. The van der Waals surface area contributed by atoms with Gasteiger partial charge in [-0.25, -0.2) is 9.97 Å². The second-order valence-corrected chi connectivity index (χ2v) is 16.5. The highest BCUT2D eigenvalue weighted by Gasteiger charge is 2.46. The summed E-state index contributed by atoms with van der Waals surface area (Å²) in [7, 11) is 0. The predicted molar refractivity (Wildman–Crippen MR) is 228 cm³/mol. The fourth-order valence-corrected chi connectivity index (χ4v) is 8.92. The predicted octanol–water partition coefficient (Wildman–Crippen LogP) is 13.0. The van der Waals surface area contributed by atoms with Crippen molar-refractivity contribution in [1.82, 2.24) is 15.0 Å². The third-order valence-electron chi connectivity index (χ3n) is 12.0. The van der Waals surface area contributed by atoms with Gasteiger partial charge in [0, 0.05) is 44.8 Å². The lowest BCUT2D eigenvalue weighted by Gasteiger charge is -2.30. The molecule has 0 fully saturated rings. The zero-order valence-corrected chi connectivity index (χ0v) is 33.3. The van der Waals surface area contributed by atoms with Crippen LogP contribution >= 0.6 is 0 Å². The molecule has 0 unspecified atom stereocenters. The van der Waals surface area contributed by atoms with Crippen LogP contribution in [0.5, 0.6) is 0 Å². The van der Waals surface area contributed by atoms with Gasteiger partial charge in [-0.1, -0.05) is 86.6 Å². The van der Waals surface area contributed by atoms with E-state index in [1.807, 2.05) is 6.20 Å². The van der Waals surface area contributed by atoms with E-state index in [-0.39, 0.29) is 5.41 Å². The number of para-hydroxylation sites is 4. The van der Waals surface area contributed by atoms with Gasteiger partial charge in [-0.2, -0.15) is 0 Å². The lowest BCUT2D eigenvalue weighted by molar-refractivity contribution is 0.617. The van der Waals surface area contributed by atoms with Crippen LogP contribution in [0, 0.1) is 34.6 Å². The summed E-state index contributed by atoms with van der Waals surface area (Å²) < 4.78 is 0. The SMILES string of the molecule is Cc1ccccc1N(c1cnc2c(c1)C(C)(C)c1nc3c(nc1-2)C(C)(C)c1cc(N(c2ccccc2C)c2ccccc2C)cc(C)c1-3)c1ccccc1C. The molecule has 9 rings (SSSR count). The number of anilines is 6. The normalized spacial score (nSPS) is 14.2. The molecule has 5 aromatic carbocycles. The molecule has 0 saturated carbocycles. The van der Waals surface area contributed by atoms with Crippen molar-refractivity contribution < 1.29 is 0 Å². The maximum absolute atomic E-state index is 5.61. The molecule has 0 atom stereocenters. The van der Waals surface area contributed by atoms with E-state index < -0.39 is 5.41 Å². The minimum Gasteiger partial charge on any atom is -0.310 e. The molecule has 5 nitrogen and oxygen atoms in total. The van der Waals surface area contributed by atoms with Gasteiger partial charge in [-0.3, -0.25) is 4.98 Å². The number of hydrogen-bond acceptors (Lipinski definition) is 5. The molecule has 2 aliphatic rings. The Bertz CT molecular complexity index is 2590. The van der Waals surface area contributed by atoms with E-state index in [2.05, 4.69) is 187 Å². The number of pyridine rings is 1. The Hall–Kier alpha value is -6.07. The van der Waals surface area contributed by atoms with Gasteiger partial charge < -0.3 is 9.80 Å². The molecular formula is C50H47N5. The quantitative estimate of drug-likeness (QED) is 0.171. The van der Waals surface area contributed by atoms with Crippen molar-refractivity contribution in [2.45, 2.75) is 73.1 Å². The molecule has 0 bridgehead atoms. The van der Waals surface area contributed by atoms with Gasteiger partial charge >= 0.3 is 0 Å². The number of nitrogens with zero attached hydrogens (tertiary/aromatic N) is 5. The fourth-order valence-electron chi connectivity index (χ4n) is 8.92. The van der Waals surface area contributed by atoms with Gasteiger partial charge in [0.15, 0.2) is 0 Å². The molecule has 0 N–H and O–H groups in total. The second kappa shape index (κ2) is 12.5. The fraction of sp³-hybridized carbons (Fsp3) is 0.220. The van der Waals surface area contributed by atoms with Crippen molar-refractivity contribution in [3.63, 3.8) is 0 Å². The molecule has 0 aliphatic heterocycles. The Balaban J connectivity index is 1.18. The van der Waals surface area contributed by atoms with Crippen molar-refractivity contribution in [3.05, 3.63) is 172 Å². The molecule has 5 heteroatoms. The minimum absolute atomic E-state index is 0.379. The average molecular weight is 718 g/mol. The highest BCUT2D eigenvalue weighted by molar-refractivity contribution is 5.89. The number of aryl methyl sites for hydroxylation is 5. The van der Waals surface area contributed by atoms with Crippen LogP contribution in [0.3, 0.4) is 0 Å². The van der Waals surface area contributed by atoms with E-state index in [0.29, 0.717) is 0 Å². The highest BCUT2D eigenvalue weighted by Crippen LogP contribution is 2.55. The molecule has 7 aromatic rings. The first-order chi connectivity index (χ1) is 26.4. The molecule has 2 aliphatic carbocycles. The van der Waals surface area contributed by atoms with Crippen LogP contribution in [0.2, 0.25) is 0 Å². The summed E-state index contributed by atoms with van der Waals surface area (Å²) in [6, 6.07) is 41.5. The molecular weight excluding hydrogens is 671 g/mol. The summed E-state index contributed by atoms with van der Waals surface area (Å²) in [6.45, 7) is 20.1. The summed E-state index contributed by atoms with van der Waals surface area (Å²) in [5.74, 6) is 0. The Labute approximate surface area is 325 Å². The first kappa shape index (κ1) is 34.7. The maximum atomic E-state index is 5.61. The van der Waals surface area contributed by atoms with Crippen LogP contribution in [0.15, 0.2) is 121 Å².